The van der Waals surface area contributed by atoms with Crippen LogP contribution in [0.1, 0.15) is 16.8 Å². The van der Waals surface area contributed by atoms with Gasteiger partial charge >= 0.3 is 0 Å². The molecular formula is C21H17BrN4O3. The summed E-state index contributed by atoms with van der Waals surface area (Å²) in [6.45, 7) is 1.85. The van der Waals surface area contributed by atoms with Gasteiger partial charge in [0.05, 0.1) is 29.6 Å². The second kappa shape index (κ2) is 7.28. The SMILES string of the molecule is COc1cc(C2=C(C#N)[C@H](N)Oc3c2c(C)nn3-c2ccc(Br)cc2)ccc1O. The van der Waals surface area contributed by atoms with Gasteiger partial charge < -0.3 is 14.6 Å². The number of hydrogen-bond acceptors (Lipinski definition) is 6. The third-order valence-corrected chi connectivity index (χ3v) is 5.25. The van der Waals surface area contributed by atoms with Gasteiger partial charge in [0.15, 0.2) is 17.7 Å². The molecule has 0 unspecified atom stereocenters. The summed E-state index contributed by atoms with van der Waals surface area (Å²) in [6, 6.07) is 14.7. The predicted octanol–water partition coefficient (Wildman–Crippen LogP) is 3.66. The molecule has 29 heavy (non-hydrogen) atoms. The number of phenolic OH excluding ortho intramolecular Hbond substituents is 1. The fraction of sp³-hybridized carbons (Fsp3) is 0.143. The van der Waals surface area contributed by atoms with E-state index in [1.54, 1.807) is 16.8 Å². The normalized spacial score (nSPS) is 15.5. The van der Waals surface area contributed by atoms with Crippen LogP contribution in [0, 0.1) is 18.3 Å². The molecule has 0 bridgehead atoms. The van der Waals surface area contributed by atoms with Crippen molar-refractivity contribution in [3.63, 3.8) is 0 Å². The van der Waals surface area contributed by atoms with Crippen LogP contribution in [0.15, 0.2) is 52.5 Å². The first kappa shape index (κ1) is 19.1. The Bertz CT molecular complexity index is 1180. The highest BCUT2D eigenvalue weighted by Gasteiger charge is 2.33. The van der Waals surface area contributed by atoms with Gasteiger partial charge in [0.1, 0.15) is 6.07 Å². The molecule has 0 spiro atoms. The third kappa shape index (κ3) is 3.14. The number of nitriles is 1. The summed E-state index contributed by atoms with van der Waals surface area (Å²) in [7, 11) is 1.47. The van der Waals surface area contributed by atoms with Crippen LogP contribution in [0.5, 0.6) is 17.4 Å². The zero-order chi connectivity index (χ0) is 20.7. The van der Waals surface area contributed by atoms with Crippen LogP contribution in [0.4, 0.5) is 0 Å². The molecule has 3 aromatic rings. The van der Waals surface area contributed by atoms with Crippen molar-refractivity contribution in [3.8, 4) is 29.1 Å². The minimum atomic E-state index is -0.951. The monoisotopic (exact) mass is 452 g/mol. The summed E-state index contributed by atoms with van der Waals surface area (Å²) < 4.78 is 13.8. The molecular weight excluding hydrogens is 436 g/mol. The van der Waals surface area contributed by atoms with Crippen molar-refractivity contribution in [3.05, 3.63) is 69.3 Å². The van der Waals surface area contributed by atoms with Gasteiger partial charge in [0.25, 0.3) is 0 Å². The van der Waals surface area contributed by atoms with E-state index in [0.29, 0.717) is 34.0 Å². The van der Waals surface area contributed by atoms with Gasteiger partial charge in [-0.15, -0.1) is 0 Å². The average Bonchev–Trinajstić information content (AvgIpc) is 3.04. The van der Waals surface area contributed by atoms with Gasteiger partial charge in [-0.05, 0) is 48.9 Å². The van der Waals surface area contributed by atoms with Crippen molar-refractivity contribution in [2.24, 2.45) is 5.73 Å². The van der Waals surface area contributed by atoms with Crippen molar-refractivity contribution < 1.29 is 14.6 Å². The average molecular weight is 453 g/mol. The van der Waals surface area contributed by atoms with Gasteiger partial charge in [0, 0.05) is 10.0 Å². The first-order chi connectivity index (χ1) is 13.9. The number of rotatable bonds is 3. The molecule has 0 saturated heterocycles. The summed E-state index contributed by atoms with van der Waals surface area (Å²) in [5.74, 6) is 0.763. The maximum absolute atomic E-state index is 9.96. The van der Waals surface area contributed by atoms with Crippen molar-refractivity contribution in [1.82, 2.24) is 9.78 Å². The lowest BCUT2D eigenvalue weighted by atomic mass is 9.91. The quantitative estimate of drug-likeness (QED) is 0.627. The number of benzene rings is 2. The zero-order valence-corrected chi connectivity index (χ0v) is 17.3. The van der Waals surface area contributed by atoms with Crippen LogP contribution < -0.4 is 15.2 Å². The Kier molecular flexibility index (Phi) is 4.78. The molecule has 4 rings (SSSR count). The molecule has 0 saturated carbocycles. The van der Waals surface area contributed by atoms with E-state index < -0.39 is 6.23 Å². The predicted molar refractivity (Wildman–Crippen MR) is 111 cm³/mol. The number of ether oxygens (including phenoxy) is 2. The van der Waals surface area contributed by atoms with Gasteiger partial charge in [-0.2, -0.15) is 10.4 Å². The summed E-state index contributed by atoms with van der Waals surface area (Å²) >= 11 is 3.43. The number of phenols is 1. The Morgan fingerprint density at radius 1 is 1.28 bits per heavy atom. The highest BCUT2D eigenvalue weighted by Crippen LogP contribution is 2.43. The van der Waals surface area contributed by atoms with E-state index in [-0.39, 0.29) is 11.3 Å². The van der Waals surface area contributed by atoms with E-state index >= 15 is 0 Å². The molecule has 0 radical (unpaired) electrons. The summed E-state index contributed by atoms with van der Waals surface area (Å²) in [5.41, 5.74) is 9.91. The molecule has 1 aromatic heterocycles. The summed E-state index contributed by atoms with van der Waals surface area (Å²) in [6.07, 6.45) is -0.951. The Balaban J connectivity index is 1.97. The first-order valence-corrected chi connectivity index (χ1v) is 9.53. The number of aromatic nitrogens is 2. The fourth-order valence-corrected chi connectivity index (χ4v) is 3.63. The Morgan fingerprint density at radius 3 is 2.66 bits per heavy atom. The second-order valence-electron chi connectivity index (χ2n) is 6.48. The van der Waals surface area contributed by atoms with E-state index in [0.717, 1.165) is 10.2 Å². The number of aryl methyl sites for hydroxylation is 1. The molecule has 0 fully saturated rings. The van der Waals surface area contributed by atoms with Crippen molar-refractivity contribution in [1.29, 1.82) is 5.26 Å². The van der Waals surface area contributed by atoms with Gasteiger partial charge in [-0.3, -0.25) is 5.73 Å². The molecule has 8 heteroatoms. The maximum atomic E-state index is 9.96. The highest BCUT2D eigenvalue weighted by atomic mass is 79.9. The van der Waals surface area contributed by atoms with E-state index in [9.17, 15) is 10.4 Å². The first-order valence-electron chi connectivity index (χ1n) is 8.74. The number of methoxy groups -OCH3 is 1. The smallest absolute Gasteiger partial charge is 0.226 e. The molecule has 146 valence electrons. The van der Waals surface area contributed by atoms with Crippen LogP contribution in [-0.2, 0) is 0 Å². The van der Waals surface area contributed by atoms with Crippen LogP contribution >= 0.6 is 15.9 Å². The van der Waals surface area contributed by atoms with Crippen molar-refractivity contribution in [2.45, 2.75) is 13.2 Å². The molecule has 7 nitrogen and oxygen atoms in total. The van der Waals surface area contributed by atoms with Crippen molar-refractivity contribution >= 4 is 21.5 Å². The minimum Gasteiger partial charge on any atom is -0.504 e. The number of aromatic hydroxyl groups is 1. The topological polar surface area (TPSA) is 106 Å². The lowest BCUT2D eigenvalue weighted by Gasteiger charge is -2.25. The van der Waals surface area contributed by atoms with Crippen LogP contribution in [-0.4, -0.2) is 28.2 Å². The summed E-state index contributed by atoms with van der Waals surface area (Å²) in [5, 5.41) is 24.3. The van der Waals surface area contributed by atoms with E-state index in [1.165, 1.54) is 13.2 Å². The Hall–Kier alpha value is -3.28. The lowest BCUT2D eigenvalue weighted by molar-refractivity contribution is 0.228. The Morgan fingerprint density at radius 2 is 2.00 bits per heavy atom. The van der Waals surface area contributed by atoms with Gasteiger partial charge in [0.2, 0.25) is 5.88 Å². The third-order valence-electron chi connectivity index (χ3n) is 4.72. The second-order valence-corrected chi connectivity index (χ2v) is 7.40. The minimum absolute atomic E-state index is 0.00854. The van der Waals surface area contributed by atoms with E-state index in [4.69, 9.17) is 15.2 Å². The zero-order valence-electron chi connectivity index (χ0n) is 15.7. The Labute approximate surface area is 175 Å². The number of fused-ring (bicyclic) bond motifs is 1. The van der Waals surface area contributed by atoms with E-state index in [1.807, 2.05) is 31.2 Å². The largest absolute Gasteiger partial charge is 0.504 e. The summed E-state index contributed by atoms with van der Waals surface area (Å²) in [4.78, 5) is 0. The number of halogens is 1. The molecule has 1 atom stereocenters. The maximum Gasteiger partial charge on any atom is 0.226 e. The molecule has 1 aliphatic heterocycles. The van der Waals surface area contributed by atoms with Crippen LogP contribution in [0.25, 0.3) is 11.3 Å². The molecule has 2 aromatic carbocycles. The highest BCUT2D eigenvalue weighted by molar-refractivity contribution is 9.10. The van der Waals surface area contributed by atoms with Gasteiger partial charge in [-0.25, -0.2) is 4.68 Å². The number of hydrogen-bond donors (Lipinski definition) is 2. The number of nitrogens with zero attached hydrogens (tertiary/aromatic N) is 3. The molecule has 0 aliphatic carbocycles. The molecule has 3 N–H and O–H groups in total. The lowest BCUT2D eigenvalue weighted by Crippen LogP contribution is -2.33. The molecule has 0 amide bonds. The van der Waals surface area contributed by atoms with Gasteiger partial charge in [-0.1, -0.05) is 22.0 Å². The molecule has 1 aliphatic rings. The standard InChI is InChI=1S/C21H17BrN4O3/c1-11-18-19(12-3-8-16(27)17(9-12)28-2)15(10-23)20(24)29-21(18)26(25-11)14-6-4-13(22)5-7-14/h3-9,20,27H,24H2,1-2H3/t20-/m1/s1. The van der Waals surface area contributed by atoms with Crippen LogP contribution in [0.3, 0.4) is 0 Å². The van der Waals surface area contributed by atoms with Crippen LogP contribution in [0.2, 0.25) is 0 Å². The fourth-order valence-electron chi connectivity index (χ4n) is 3.37. The van der Waals surface area contributed by atoms with Crippen molar-refractivity contribution in [2.75, 3.05) is 7.11 Å². The molecule has 2 heterocycles. The van der Waals surface area contributed by atoms with E-state index in [2.05, 4.69) is 27.1 Å². The number of nitrogens with two attached hydrogens (primary N) is 1.